The molecule has 0 bridgehead atoms. The first kappa shape index (κ1) is 17.9. The molecule has 27 heavy (non-hydrogen) atoms. The quantitative estimate of drug-likeness (QED) is 0.676. The predicted molar refractivity (Wildman–Crippen MR) is 107 cm³/mol. The number of rotatable bonds is 5. The largest absolute Gasteiger partial charge is 0.302 e. The fourth-order valence-electron chi connectivity index (χ4n) is 4.22. The zero-order chi connectivity index (χ0) is 18.6. The second-order valence-electron chi connectivity index (χ2n) is 7.62. The number of H-pyrrole nitrogens is 1. The van der Waals surface area contributed by atoms with Crippen LogP contribution in [0.3, 0.4) is 0 Å². The SMILES string of the molecule is C[C@H](CN1CCC[C@@H](c2[nH]ncc2-c2cccc(F)c2)C1)c1ccccc1. The number of halogens is 1. The van der Waals surface area contributed by atoms with Crippen LogP contribution in [-0.2, 0) is 0 Å². The fraction of sp³-hybridized carbons (Fsp3) is 0.348. The lowest BCUT2D eigenvalue weighted by Crippen LogP contribution is -2.37. The number of aromatic nitrogens is 2. The topological polar surface area (TPSA) is 31.9 Å². The summed E-state index contributed by atoms with van der Waals surface area (Å²) >= 11 is 0. The number of nitrogens with one attached hydrogen (secondary N) is 1. The Morgan fingerprint density at radius 3 is 2.85 bits per heavy atom. The minimum Gasteiger partial charge on any atom is -0.302 e. The minimum absolute atomic E-state index is 0.207. The van der Waals surface area contributed by atoms with Crippen LogP contribution in [0.2, 0.25) is 0 Å². The van der Waals surface area contributed by atoms with E-state index in [1.807, 2.05) is 12.3 Å². The van der Waals surface area contributed by atoms with E-state index in [4.69, 9.17) is 0 Å². The first-order chi connectivity index (χ1) is 13.2. The summed E-state index contributed by atoms with van der Waals surface area (Å²) in [6.07, 6.45) is 4.14. The summed E-state index contributed by atoms with van der Waals surface area (Å²) in [6.45, 7) is 5.51. The number of nitrogens with zero attached hydrogens (tertiary/aromatic N) is 2. The molecule has 0 radical (unpaired) electrons. The number of piperidine rings is 1. The van der Waals surface area contributed by atoms with Gasteiger partial charge in [0.15, 0.2) is 0 Å². The lowest BCUT2D eigenvalue weighted by Gasteiger charge is -2.34. The average molecular weight is 363 g/mol. The molecule has 2 atom stereocenters. The highest BCUT2D eigenvalue weighted by atomic mass is 19.1. The summed E-state index contributed by atoms with van der Waals surface area (Å²) in [5.74, 6) is 0.707. The number of hydrogen-bond donors (Lipinski definition) is 1. The van der Waals surface area contributed by atoms with E-state index in [9.17, 15) is 4.39 Å². The Labute approximate surface area is 160 Å². The zero-order valence-electron chi connectivity index (χ0n) is 15.7. The zero-order valence-corrected chi connectivity index (χ0v) is 15.7. The van der Waals surface area contributed by atoms with Gasteiger partial charge in [-0.25, -0.2) is 4.39 Å². The maximum Gasteiger partial charge on any atom is 0.123 e. The highest BCUT2D eigenvalue weighted by Gasteiger charge is 2.26. The smallest absolute Gasteiger partial charge is 0.123 e. The first-order valence-electron chi connectivity index (χ1n) is 9.77. The molecule has 1 aromatic heterocycles. The van der Waals surface area contributed by atoms with Gasteiger partial charge in [0.1, 0.15) is 5.82 Å². The van der Waals surface area contributed by atoms with Crippen molar-refractivity contribution in [3.63, 3.8) is 0 Å². The molecule has 1 aliphatic heterocycles. The van der Waals surface area contributed by atoms with Crippen molar-refractivity contribution in [2.45, 2.75) is 31.6 Å². The van der Waals surface area contributed by atoms with E-state index in [1.165, 1.54) is 18.1 Å². The summed E-state index contributed by atoms with van der Waals surface area (Å²) < 4.78 is 13.7. The highest BCUT2D eigenvalue weighted by molar-refractivity contribution is 5.65. The van der Waals surface area contributed by atoms with Gasteiger partial charge in [-0.1, -0.05) is 49.4 Å². The molecule has 1 fully saturated rings. The van der Waals surface area contributed by atoms with Gasteiger partial charge in [0, 0.05) is 30.3 Å². The minimum atomic E-state index is -0.207. The summed E-state index contributed by atoms with van der Waals surface area (Å²) in [5, 5.41) is 7.47. The van der Waals surface area contributed by atoms with Crippen LogP contribution < -0.4 is 0 Å². The van der Waals surface area contributed by atoms with E-state index in [1.54, 1.807) is 12.1 Å². The molecule has 4 heteroatoms. The van der Waals surface area contributed by atoms with Gasteiger partial charge in [-0.05, 0) is 48.6 Å². The molecule has 3 aromatic rings. The molecule has 2 aromatic carbocycles. The lowest BCUT2D eigenvalue weighted by molar-refractivity contribution is 0.197. The Morgan fingerprint density at radius 2 is 2.04 bits per heavy atom. The molecule has 140 valence electrons. The molecule has 0 aliphatic carbocycles. The molecule has 1 N–H and O–H groups in total. The average Bonchev–Trinajstić information content (AvgIpc) is 3.19. The molecule has 1 saturated heterocycles. The van der Waals surface area contributed by atoms with E-state index < -0.39 is 0 Å². The van der Waals surface area contributed by atoms with Gasteiger partial charge in [-0.2, -0.15) is 5.10 Å². The van der Waals surface area contributed by atoms with Crippen LogP contribution in [0.4, 0.5) is 4.39 Å². The molecule has 1 aliphatic rings. The van der Waals surface area contributed by atoms with Crippen LogP contribution in [-0.4, -0.2) is 34.7 Å². The summed E-state index contributed by atoms with van der Waals surface area (Å²) in [6, 6.07) is 17.5. The van der Waals surface area contributed by atoms with Crippen LogP contribution in [0, 0.1) is 5.82 Å². The van der Waals surface area contributed by atoms with Crippen molar-refractivity contribution in [3.05, 3.63) is 77.9 Å². The van der Waals surface area contributed by atoms with Gasteiger partial charge >= 0.3 is 0 Å². The Bertz CT molecular complexity index is 874. The summed E-state index contributed by atoms with van der Waals surface area (Å²) in [5.41, 5.74) is 4.45. The number of aromatic amines is 1. The van der Waals surface area contributed by atoms with Gasteiger partial charge in [-0.15, -0.1) is 0 Å². The number of hydrogen-bond acceptors (Lipinski definition) is 2. The van der Waals surface area contributed by atoms with Gasteiger partial charge in [0.05, 0.1) is 6.20 Å². The second-order valence-corrected chi connectivity index (χ2v) is 7.62. The summed E-state index contributed by atoms with van der Waals surface area (Å²) in [4.78, 5) is 2.56. The van der Waals surface area contributed by atoms with Crippen LogP contribution in [0.5, 0.6) is 0 Å². The van der Waals surface area contributed by atoms with Crippen molar-refractivity contribution >= 4 is 0 Å². The van der Waals surface area contributed by atoms with Crippen LogP contribution in [0.25, 0.3) is 11.1 Å². The monoisotopic (exact) mass is 363 g/mol. The van der Waals surface area contributed by atoms with Gasteiger partial charge in [0.2, 0.25) is 0 Å². The van der Waals surface area contributed by atoms with Crippen molar-refractivity contribution in [1.29, 1.82) is 0 Å². The normalized spacial score (nSPS) is 19.1. The molecule has 4 rings (SSSR count). The molecule has 0 unspecified atom stereocenters. The highest BCUT2D eigenvalue weighted by Crippen LogP contribution is 2.33. The third-order valence-corrected chi connectivity index (χ3v) is 5.62. The second kappa shape index (κ2) is 8.05. The number of likely N-dealkylation sites (tertiary alicyclic amines) is 1. The maximum atomic E-state index is 13.7. The van der Waals surface area contributed by atoms with E-state index in [0.717, 1.165) is 42.9 Å². The molecule has 0 spiro atoms. The molecule has 0 amide bonds. The summed E-state index contributed by atoms with van der Waals surface area (Å²) in [7, 11) is 0. The predicted octanol–water partition coefficient (Wildman–Crippen LogP) is 5.20. The lowest BCUT2D eigenvalue weighted by atomic mass is 9.89. The Morgan fingerprint density at radius 1 is 1.19 bits per heavy atom. The van der Waals surface area contributed by atoms with Gasteiger partial charge < -0.3 is 4.90 Å². The van der Waals surface area contributed by atoms with Gasteiger partial charge in [0.25, 0.3) is 0 Å². The fourth-order valence-corrected chi connectivity index (χ4v) is 4.22. The standard InChI is InChI=1S/C23H26FN3/c1-17(18-7-3-2-4-8-18)15-27-12-6-10-20(16-27)23-22(14-25-26-23)19-9-5-11-21(24)13-19/h2-5,7-9,11,13-14,17,20H,6,10,12,15-16H2,1H3,(H,25,26)/t17-,20-/m1/s1. The van der Waals surface area contributed by atoms with E-state index in [0.29, 0.717) is 11.8 Å². The van der Waals surface area contributed by atoms with Crippen LogP contribution in [0.1, 0.15) is 42.9 Å². The Hall–Kier alpha value is -2.46. The molecule has 0 saturated carbocycles. The van der Waals surface area contributed by atoms with Crippen LogP contribution >= 0.6 is 0 Å². The molecular weight excluding hydrogens is 337 g/mol. The van der Waals surface area contributed by atoms with Crippen molar-refractivity contribution in [1.82, 2.24) is 15.1 Å². The molecule has 2 heterocycles. The molecule has 3 nitrogen and oxygen atoms in total. The van der Waals surface area contributed by atoms with Crippen LogP contribution in [0.15, 0.2) is 60.8 Å². The third-order valence-electron chi connectivity index (χ3n) is 5.62. The Kier molecular flexibility index (Phi) is 5.35. The van der Waals surface area contributed by atoms with Crippen molar-refractivity contribution < 1.29 is 4.39 Å². The Balaban J connectivity index is 1.49. The van der Waals surface area contributed by atoms with Crippen molar-refractivity contribution in [2.75, 3.05) is 19.6 Å². The molecular formula is C23H26FN3. The van der Waals surface area contributed by atoms with Crippen molar-refractivity contribution in [2.24, 2.45) is 0 Å². The third kappa shape index (κ3) is 4.11. The van der Waals surface area contributed by atoms with E-state index in [2.05, 4.69) is 52.4 Å². The number of benzene rings is 2. The van der Waals surface area contributed by atoms with E-state index in [-0.39, 0.29) is 5.82 Å². The van der Waals surface area contributed by atoms with Crippen molar-refractivity contribution in [3.8, 4) is 11.1 Å². The van der Waals surface area contributed by atoms with Gasteiger partial charge in [-0.3, -0.25) is 5.10 Å². The first-order valence-corrected chi connectivity index (χ1v) is 9.77. The van der Waals surface area contributed by atoms with E-state index >= 15 is 0 Å². The maximum absolute atomic E-state index is 13.7.